The fourth-order valence-corrected chi connectivity index (χ4v) is 4.32. The molecule has 0 bridgehead atoms. The largest absolute Gasteiger partial charge is 0.363 e. The lowest BCUT2D eigenvalue weighted by atomic mass is 10.2. The summed E-state index contributed by atoms with van der Waals surface area (Å²) in [6.45, 7) is 3.34. The Morgan fingerprint density at radius 1 is 1.56 bits per heavy atom. The Hall–Kier alpha value is -0.850. The van der Waals surface area contributed by atoms with Crippen molar-refractivity contribution in [2.75, 3.05) is 13.6 Å². The molecule has 1 unspecified atom stereocenters. The van der Waals surface area contributed by atoms with Crippen LogP contribution in [0.3, 0.4) is 0 Å². The lowest BCUT2D eigenvalue weighted by Gasteiger charge is -2.22. The van der Waals surface area contributed by atoms with Crippen LogP contribution in [-0.4, -0.2) is 37.3 Å². The molecule has 18 heavy (non-hydrogen) atoms. The summed E-state index contributed by atoms with van der Waals surface area (Å²) in [5.41, 5.74) is 0.892. The van der Waals surface area contributed by atoms with Crippen molar-refractivity contribution in [1.82, 2.24) is 14.6 Å². The van der Waals surface area contributed by atoms with Gasteiger partial charge in [-0.25, -0.2) is 8.42 Å². The highest BCUT2D eigenvalue weighted by Gasteiger charge is 2.34. The number of sulfonamides is 1. The smallest absolute Gasteiger partial charge is 0.244 e. The number of hydrogen-bond acceptors (Lipinski definition) is 3. The highest BCUT2D eigenvalue weighted by molar-refractivity contribution is 7.89. The number of nitrogens with one attached hydrogen (secondary N) is 2. The van der Waals surface area contributed by atoms with Crippen LogP contribution in [0.5, 0.6) is 0 Å². The van der Waals surface area contributed by atoms with E-state index in [0.717, 1.165) is 25.0 Å². The molecule has 1 atom stereocenters. The van der Waals surface area contributed by atoms with E-state index in [2.05, 4.69) is 10.3 Å². The number of nitrogens with zero attached hydrogens (tertiary/aromatic N) is 1. The summed E-state index contributed by atoms with van der Waals surface area (Å²) >= 11 is 0. The standard InChI is InChI=1S/C12H21N3O2S/c1-3-11-5-4-6-15(11)18(16,17)12-7-10(8-13-2)14-9-12/h7,9,11,13-14H,3-6,8H2,1-2H3. The molecular weight excluding hydrogens is 250 g/mol. The molecule has 2 N–H and O–H groups in total. The van der Waals surface area contributed by atoms with Gasteiger partial charge < -0.3 is 10.3 Å². The van der Waals surface area contributed by atoms with Crippen molar-refractivity contribution in [3.05, 3.63) is 18.0 Å². The molecule has 0 amide bonds. The van der Waals surface area contributed by atoms with Crippen LogP contribution in [0.25, 0.3) is 0 Å². The third-order valence-electron chi connectivity index (χ3n) is 3.48. The quantitative estimate of drug-likeness (QED) is 0.848. The number of aromatic nitrogens is 1. The van der Waals surface area contributed by atoms with Gasteiger partial charge in [-0.15, -0.1) is 0 Å². The Morgan fingerprint density at radius 3 is 3.00 bits per heavy atom. The van der Waals surface area contributed by atoms with Crippen LogP contribution < -0.4 is 5.32 Å². The van der Waals surface area contributed by atoms with E-state index in [9.17, 15) is 8.42 Å². The predicted octanol–water partition coefficient (Wildman–Crippen LogP) is 1.30. The zero-order valence-corrected chi connectivity index (χ0v) is 11.8. The van der Waals surface area contributed by atoms with Crippen molar-refractivity contribution >= 4 is 10.0 Å². The third kappa shape index (κ3) is 2.46. The molecule has 1 fully saturated rings. The second kappa shape index (κ2) is 5.42. The van der Waals surface area contributed by atoms with Gasteiger partial charge in [0.05, 0.1) is 4.90 Å². The fourth-order valence-electron chi connectivity index (χ4n) is 2.53. The Labute approximate surface area is 109 Å². The second-order valence-electron chi connectivity index (χ2n) is 4.71. The first-order chi connectivity index (χ1) is 8.59. The van der Waals surface area contributed by atoms with Gasteiger partial charge in [0, 0.05) is 31.0 Å². The molecule has 5 nitrogen and oxygen atoms in total. The minimum Gasteiger partial charge on any atom is -0.363 e. The molecule has 6 heteroatoms. The maximum Gasteiger partial charge on any atom is 0.244 e. The van der Waals surface area contributed by atoms with Gasteiger partial charge >= 0.3 is 0 Å². The first-order valence-electron chi connectivity index (χ1n) is 6.43. The van der Waals surface area contributed by atoms with E-state index in [0.29, 0.717) is 18.0 Å². The summed E-state index contributed by atoms with van der Waals surface area (Å²) in [5, 5.41) is 3.00. The Bertz CT molecular complexity index is 495. The summed E-state index contributed by atoms with van der Waals surface area (Å²) in [4.78, 5) is 3.38. The number of rotatable bonds is 5. The van der Waals surface area contributed by atoms with E-state index in [1.165, 1.54) is 0 Å². The molecule has 0 saturated carbocycles. The van der Waals surface area contributed by atoms with Crippen molar-refractivity contribution < 1.29 is 8.42 Å². The van der Waals surface area contributed by atoms with Crippen LogP contribution in [0.4, 0.5) is 0 Å². The molecule has 1 saturated heterocycles. The van der Waals surface area contributed by atoms with Gasteiger partial charge in [0.1, 0.15) is 0 Å². The molecule has 0 aliphatic carbocycles. The van der Waals surface area contributed by atoms with E-state index in [1.54, 1.807) is 16.6 Å². The molecule has 2 rings (SSSR count). The summed E-state index contributed by atoms with van der Waals surface area (Å²) in [6.07, 6.45) is 4.41. The summed E-state index contributed by atoms with van der Waals surface area (Å²) in [6, 6.07) is 1.88. The molecule has 2 heterocycles. The average Bonchev–Trinajstić information content (AvgIpc) is 2.97. The zero-order valence-electron chi connectivity index (χ0n) is 10.9. The maximum absolute atomic E-state index is 12.5. The monoisotopic (exact) mass is 271 g/mol. The topological polar surface area (TPSA) is 65.2 Å². The normalized spacial score (nSPS) is 21.6. The first kappa shape index (κ1) is 13.6. The molecular formula is C12H21N3O2S. The van der Waals surface area contributed by atoms with Crippen LogP contribution in [0, 0.1) is 0 Å². The van der Waals surface area contributed by atoms with Crippen molar-refractivity contribution in [1.29, 1.82) is 0 Å². The van der Waals surface area contributed by atoms with Crippen molar-refractivity contribution in [3.8, 4) is 0 Å². The number of H-pyrrole nitrogens is 1. The lowest BCUT2D eigenvalue weighted by Crippen LogP contribution is -2.34. The first-order valence-corrected chi connectivity index (χ1v) is 7.87. The lowest BCUT2D eigenvalue weighted by molar-refractivity contribution is 0.379. The molecule has 1 aromatic heterocycles. The van der Waals surface area contributed by atoms with E-state index in [-0.39, 0.29) is 6.04 Å². The van der Waals surface area contributed by atoms with Gasteiger partial charge in [-0.2, -0.15) is 4.31 Å². The summed E-state index contributed by atoms with van der Waals surface area (Å²) in [5.74, 6) is 0. The minimum absolute atomic E-state index is 0.164. The summed E-state index contributed by atoms with van der Waals surface area (Å²) in [7, 11) is -1.49. The molecule has 0 spiro atoms. The minimum atomic E-state index is -3.32. The van der Waals surface area contributed by atoms with E-state index < -0.39 is 10.0 Å². The fraction of sp³-hybridized carbons (Fsp3) is 0.667. The van der Waals surface area contributed by atoms with Crippen molar-refractivity contribution in [3.63, 3.8) is 0 Å². The zero-order chi connectivity index (χ0) is 13.2. The van der Waals surface area contributed by atoms with Crippen LogP contribution >= 0.6 is 0 Å². The van der Waals surface area contributed by atoms with Gasteiger partial charge in [-0.1, -0.05) is 6.92 Å². The predicted molar refractivity (Wildman–Crippen MR) is 70.8 cm³/mol. The van der Waals surface area contributed by atoms with Gasteiger partial charge in [-0.05, 0) is 32.4 Å². The molecule has 1 aliphatic heterocycles. The van der Waals surface area contributed by atoms with Crippen LogP contribution in [0.1, 0.15) is 31.9 Å². The van der Waals surface area contributed by atoms with Gasteiger partial charge in [-0.3, -0.25) is 0 Å². The Morgan fingerprint density at radius 2 is 2.33 bits per heavy atom. The van der Waals surface area contributed by atoms with Gasteiger partial charge in [0.2, 0.25) is 10.0 Å². The van der Waals surface area contributed by atoms with E-state index in [4.69, 9.17) is 0 Å². The highest BCUT2D eigenvalue weighted by Crippen LogP contribution is 2.27. The van der Waals surface area contributed by atoms with Gasteiger partial charge in [0.15, 0.2) is 0 Å². The molecule has 0 radical (unpaired) electrons. The third-order valence-corrected chi connectivity index (χ3v) is 5.41. The average molecular weight is 271 g/mol. The van der Waals surface area contributed by atoms with Gasteiger partial charge in [0.25, 0.3) is 0 Å². The summed E-state index contributed by atoms with van der Waals surface area (Å²) < 4.78 is 26.7. The van der Waals surface area contributed by atoms with Crippen molar-refractivity contribution in [2.45, 2.75) is 43.7 Å². The SMILES string of the molecule is CCC1CCCN1S(=O)(=O)c1c[nH]c(CNC)c1. The van der Waals surface area contributed by atoms with E-state index in [1.807, 2.05) is 14.0 Å². The molecule has 0 aromatic carbocycles. The number of hydrogen-bond donors (Lipinski definition) is 2. The Kier molecular flexibility index (Phi) is 4.09. The van der Waals surface area contributed by atoms with Crippen LogP contribution in [-0.2, 0) is 16.6 Å². The van der Waals surface area contributed by atoms with Crippen molar-refractivity contribution in [2.24, 2.45) is 0 Å². The van der Waals surface area contributed by atoms with Crippen LogP contribution in [0.15, 0.2) is 17.2 Å². The Balaban J connectivity index is 2.24. The van der Waals surface area contributed by atoms with E-state index >= 15 is 0 Å². The molecule has 1 aromatic rings. The highest BCUT2D eigenvalue weighted by atomic mass is 32.2. The molecule has 1 aliphatic rings. The second-order valence-corrected chi connectivity index (χ2v) is 6.60. The maximum atomic E-state index is 12.5. The number of aromatic amines is 1. The van der Waals surface area contributed by atoms with Crippen LogP contribution in [0.2, 0.25) is 0 Å². The molecule has 102 valence electrons.